The molecule has 0 aliphatic heterocycles. The topological polar surface area (TPSA) is 0 Å². The average molecular weight is 1430 g/mol. The fraction of sp³-hybridized carbons (Fsp3) is 0.600. The van der Waals surface area contributed by atoms with E-state index in [0.717, 1.165) is 24.7 Å². The van der Waals surface area contributed by atoms with Gasteiger partial charge in [0.25, 0.3) is 0 Å². The van der Waals surface area contributed by atoms with Crippen LogP contribution in [0, 0.1) is 22.7 Å². The summed E-state index contributed by atoms with van der Waals surface area (Å²) < 4.78 is 0. The van der Waals surface area contributed by atoms with Gasteiger partial charge in [0, 0.05) is 0 Å². The van der Waals surface area contributed by atoms with Gasteiger partial charge in [-0.2, -0.15) is 0 Å². The molecule has 0 aromatic heterocycles. The molecule has 0 atom stereocenters. The number of hydrogen-bond donors (Lipinski definition) is 0. The van der Waals surface area contributed by atoms with Crippen molar-refractivity contribution in [3.05, 3.63) is 234 Å². The maximum atomic E-state index is 2.45. The lowest BCUT2D eigenvalue weighted by Gasteiger charge is -2.31. The van der Waals surface area contributed by atoms with Crippen molar-refractivity contribution in [1.82, 2.24) is 0 Å². The van der Waals surface area contributed by atoms with Crippen LogP contribution >= 0.6 is 0 Å². The second-order valence-electron chi connectivity index (χ2n) is 42.8. The summed E-state index contributed by atoms with van der Waals surface area (Å²) in [6.07, 6.45) is 4.69. The molecular formula is C105H166. The molecule has 586 valence electrons. The molecule has 0 aliphatic rings. The smallest absolute Gasteiger partial charge is 0.0126 e. The SMILES string of the molecule is CC(C)(C)Cc1cccc(CC(C)(C)C)c1C(C)(C)C.CC(C)(C)c1ccccc1.CC(C)Cc1cccc(CC(C)C)c1C(C)(C)C.CC(C)c1cc(-c2ccccc2)cc(C(C)C)c1C(C)(C)C.CC(C)c1cc(C(C)C)c(C(C)(C)C)c(C(C)C)c1.CC(C)c1cccc(C(C)C)c1C(C)(C)C. The van der Waals surface area contributed by atoms with Crippen LogP contribution in [-0.2, 0) is 58.2 Å². The van der Waals surface area contributed by atoms with Crippen molar-refractivity contribution >= 4 is 0 Å². The van der Waals surface area contributed by atoms with Gasteiger partial charge in [-0.15, -0.1) is 0 Å². The van der Waals surface area contributed by atoms with Crippen LogP contribution in [0.15, 0.2) is 140 Å². The van der Waals surface area contributed by atoms with Gasteiger partial charge in [-0.25, -0.2) is 0 Å². The summed E-state index contributed by atoms with van der Waals surface area (Å²) in [7, 11) is 0. The minimum Gasteiger partial charge on any atom is -0.0625 e. The van der Waals surface area contributed by atoms with Crippen LogP contribution in [0.2, 0.25) is 0 Å². The Kier molecular flexibility index (Phi) is 36.2. The molecule has 0 saturated heterocycles. The summed E-state index contributed by atoms with van der Waals surface area (Å²) in [5, 5.41) is 0. The molecule has 105 heavy (non-hydrogen) atoms. The van der Waals surface area contributed by atoms with Gasteiger partial charge in [-0.1, -0.05) is 430 Å². The Balaban J connectivity index is 0.000000433. The molecule has 0 fully saturated rings. The maximum absolute atomic E-state index is 2.45. The first-order valence-electron chi connectivity index (χ1n) is 41.5. The lowest BCUT2D eigenvalue weighted by Crippen LogP contribution is -2.22. The molecule has 7 rings (SSSR count). The standard InChI is InChI=1S/C22H30.C20H34.C19H32.C18H30.C16H26.C10H14/c1-15(2)19-13-18(17-11-9-8-10-12-17)14-20(16(3)4)21(19)22(5,6)7;1-18(2,3)13-15-11-10-12-16(14-19(4,5)6)17(15)20(7,8)9;1-12(2)15-10-16(13(3)4)18(19(7,8)9)17(11-15)14(5)6;1-13(2)11-15-9-8-10-16(12-14(3)4)17(15)18(5,6)7;1-11(2)13-9-8-10-14(12(3)4)15(13)16(5,6)7;1-10(2,3)9-7-5-4-6-8-9/h8-16H,1-7H3;10-12H,13-14H2,1-9H3;10-14H,1-9H3;8-10,13-14H,11-12H2,1-7H3;8-12H,1-7H3;4-8H,1-3H3. The lowest BCUT2D eigenvalue weighted by atomic mass is 9.73. The monoisotopic (exact) mass is 1430 g/mol. The van der Waals surface area contributed by atoms with Crippen molar-refractivity contribution in [2.45, 2.75) is 390 Å². The van der Waals surface area contributed by atoms with Crippen LogP contribution < -0.4 is 0 Å². The van der Waals surface area contributed by atoms with Gasteiger partial charge in [-0.3, -0.25) is 0 Å². The Morgan fingerprint density at radius 2 is 0.476 bits per heavy atom. The Bertz CT molecular complexity index is 3520. The first kappa shape index (κ1) is 95.6. The van der Waals surface area contributed by atoms with Crippen molar-refractivity contribution in [2.75, 3.05) is 0 Å². The molecular weight excluding hydrogens is 1260 g/mol. The van der Waals surface area contributed by atoms with E-state index < -0.39 is 0 Å². The fourth-order valence-corrected chi connectivity index (χ4v) is 15.3. The molecule has 0 nitrogen and oxygen atoms in total. The third-order valence-corrected chi connectivity index (χ3v) is 19.6. The highest BCUT2D eigenvalue weighted by atomic mass is 14.4. The third kappa shape index (κ3) is 31.6. The van der Waals surface area contributed by atoms with E-state index in [0.29, 0.717) is 57.7 Å². The predicted octanol–water partition coefficient (Wildman–Crippen LogP) is 33.0. The van der Waals surface area contributed by atoms with Crippen LogP contribution in [-0.4, -0.2) is 0 Å². The van der Waals surface area contributed by atoms with Crippen molar-refractivity contribution in [3.63, 3.8) is 0 Å². The molecule has 7 aromatic rings. The number of benzene rings is 7. The molecule has 0 heterocycles. The fourth-order valence-electron chi connectivity index (χ4n) is 15.3. The van der Waals surface area contributed by atoms with Crippen molar-refractivity contribution in [2.24, 2.45) is 22.7 Å². The zero-order valence-electron chi connectivity index (χ0n) is 76.8. The predicted molar refractivity (Wildman–Crippen MR) is 478 cm³/mol. The van der Waals surface area contributed by atoms with Gasteiger partial charge in [0.1, 0.15) is 0 Å². The van der Waals surface area contributed by atoms with Gasteiger partial charge >= 0.3 is 0 Å². The van der Waals surface area contributed by atoms with Crippen LogP contribution in [0.25, 0.3) is 11.1 Å². The van der Waals surface area contributed by atoms with Crippen molar-refractivity contribution in [1.29, 1.82) is 0 Å². The van der Waals surface area contributed by atoms with E-state index in [4.69, 9.17) is 0 Å². The molecule has 0 heteroatoms. The molecule has 7 aromatic carbocycles. The van der Waals surface area contributed by atoms with E-state index >= 15 is 0 Å². The van der Waals surface area contributed by atoms with E-state index in [-0.39, 0.29) is 27.1 Å². The van der Waals surface area contributed by atoms with E-state index in [9.17, 15) is 0 Å². The molecule has 0 aliphatic carbocycles. The zero-order valence-corrected chi connectivity index (χ0v) is 76.8. The minimum absolute atomic E-state index is 0.175. The summed E-state index contributed by atoms with van der Waals surface area (Å²) in [4.78, 5) is 0. The summed E-state index contributed by atoms with van der Waals surface area (Å²) >= 11 is 0. The highest BCUT2D eigenvalue weighted by molar-refractivity contribution is 5.68. The van der Waals surface area contributed by atoms with Gasteiger partial charge in [-0.05, 0) is 228 Å². The molecule has 0 unspecified atom stereocenters. The van der Waals surface area contributed by atoms with E-state index in [1.54, 1.807) is 44.5 Å². The number of hydrogen-bond acceptors (Lipinski definition) is 0. The molecule has 0 amide bonds. The van der Waals surface area contributed by atoms with Crippen LogP contribution in [0.4, 0.5) is 0 Å². The highest BCUT2D eigenvalue weighted by Gasteiger charge is 2.30. The van der Waals surface area contributed by atoms with Gasteiger partial charge in [0.15, 0.2) is 0 Å². The summed E-state index contributed by atoms with van der Waals surface area (Å²) in [6.45, 7) is 97.2. The first-order valence-corrected chi connectivity index (χ1v) is 41.5. The Labute approximate surface area is 654 Å². The van der Waals surface area contributed by atoms with E-state index in [1.807, 2.05) is 0 Å². The number of rotatable bonds is 14. The first-order chi connectivity index (χ1) is 47.6. The van der Waals surface area contributed by atoms with Crippen LogP contribution in [0.1, 0.15) is 427 Å². The Morgan fingerprint density at radius 3 is 0.724 bits per heavy atom. The minimum atomic E-state index is 0.175. The Morgan fingerprint density at radius 1 is 0.219 bits per heavy atom. The molecule has 0 spiro atoms. The molecule has 0 saturated carbocycles. The summed E-state index contributed by atoms with van der Waals surface area (Å²) in [6, 6.07) is 51.6. The zero-order chi connectivity index (χ0) is 81.3. The van der Waals surface area contributed by atoms with Crippen LogP contribution in [0.5, 0.6) is 0 Å². The molecule has 0 bridgehead atoms. The van der Waals surface area contributed by atoms with Gasteiger partial charge in [0.2, 0.25) is 0 Å². The second kappa shape index (κ2) is 39.8. The second-order valence-corrected chi connectivity index (χ2v) is 42.8. The lowest BCUT2D eigenvalue weighted by molar-refractivity contribution is 0.396. The quantitative estimate of drug-likeness (QED) is 0.102. The normalized spacial score (nSPS) is 12.6. The van der Waals surface area contributed by atoms with Gasteiger partial charge in [0.05, 0.1) is 0 Å². The maximum Gasteiger partial charge on any atom is -0.0126 e. The van der Waals surface area contributed by atoms with Crippen LogP contribution in [0.3, 0.4) is 0 Å². The Hall–Kier alpha value is -5.46. The van der Waals surface area contributed by atoms with Crippen molar-refractivity contribution in [3.8, 4) is 11.1 Å². The average Bonchev–Trinajstić information content (AvgIpc) is 0.785. The molecule has 0 radical (unpaired) electrons. The highest BCUT2D eigenvalue weighted by Crippen LogP contribution is 2.43. The summed E-state index contributed by atoms with van der Waals surface area (Å²) in [5.74, 6) is 5.51. The van der Waals surface area contributed by atoms with E-state index in [1.165, 1.54) is 74.0 Å². The summed E-state index contributed by atoms with van der Waals surface area (Å²) in [5.41, 5.74) is 30.7. The van der Waals surface area contributed by atoms with Crippen molar-refractivity contribution < 1.29 is 0 Å². The van der Waals surface area contributed by atoms with Gasteiger partial charge < -0.3 is 0 Å². The van der Waals surface area contributed by atoms with E-state index in [2.05, 4.69) is 430 Å². The molecule has 0 N–H and O–H groups in total. The third-order valence-electron chi connectivity index (χ3n) is 19.6. The largest absolute Gasteiger partial charge is 0.0625 e.